The summed E-state index contributed by atoms with van der Waals surface area (Å²) in [6, 6.07) is 9.19. The first kappa shape index (κ1) is 23.1. The summed E-state index contributed by atoms with van der Waals surface area (Å²) in [5.41, 5.74) is 4.46. The number of benzene rings is 1. The number of hydrogen-bond donors (Lipinski definition) is 0. The zero-order valence-electron chi connectivity index (χ0n) is 20.0. The Balaban J connectivity index is 1.68. The van der Waals surface area contributed by atoms with Crippen molar-refractivity contribution in [2.45, 2.75) is 39.9 Å². The third-order valence-corrected chi connectivity index (χ3v) is 6.52. The third-order valence-electron chi connectivity index (χ3n) is 6.52. The number of fused-ring (bicyclic) bond motifs is 1. The molecule has 5 rings (SSSR count). The lowest BCUT2D eigenvalue weighted by molar-refractivity contribution is -0.0174. The number of halogens is 2. The van der Waals surface area contributed by atoms with Crippen molar-refractivity contribution in [3.8, 4) is 11.1 Å². The number of ether oxygens (including phenoxy) is 1. The molecule has 0 aliphatic carbocycles. The minimum absolute atomic E-state index is 0.0847. The van der Waals surface area contributed by atoms with Crippen LogP contribution in [-0.2, 0) is 4.74 Å². The van der Waals surface area contributed by atoms with Gasteiger partial charge in [-0.3, -0.25) is 14.2 Å². The molecule has 0 spiro atoms. The number of aryl methyl sites for hydroxylation is 2. The Hall–Kier alpha value is -3.65. The first-order chi connectivity index (χ1) is 16.7. The number of anilines is 1. The van der Waals surface area contributed by atoms with Crippen LogP contribution in [0, 0.1) is 32.4 Å². The van der Waals surface area contributed by atoms with Crippen molar-refractivity contribution < 1.29 is 13.5 Å². The molecule has 4 aromatic rings. The van der Waals surface area contributed by atoms with Gasteiger partial charge in [-0.25, -0.2) is 13.8 Å². The summed E-state index contributed by atoms with van der Waals surface area (Å²) < 4.78 is 36.3. The zero-order chi connectivity index (χ0) is 24.9. The van der Waals surface area contributed by atoms with Gasteiger partial charge in [-0.15, -0.1) is 0 Å². The van der Waals surface area contributed by atoms with E-state index in [2.05, 4.69) is 14.9 Å². The fourth-order valence-corrected chi connectivity index (χ4v) is 4.61. The quantitative estimate of drug-likeness (QED) is 0.420. The molecule has 2 unspecified atom stereocenters. The van der Waals surface area contributed by atoms with Crippen molar-refractivity contribution in [3.63, 3.8) is 0 Å². The fraction of sp³-hybridized carbons (Fsp3) is 0.296. The van der Waals surface area contributed by atoms with Gasteiger partial charge in [-0.1, -0.05) is 0 Å². The summed E-state index contributed by atoms with van der Waals surface area (Å²) in [6.45, 7) is 8.53. The van der Waals surface area contributed by atoms with Gasteiger partial charge in [0.1, 0.15) is 23.4 Å². The van der Waals surface area contributed by atoms with Gasteiger partial charge >= 0.3 is 0 Å². The molecule has 1 aliphatic rings. The van der Waals surface area contributed by atoms with Crippen LogP contribution in [-0.4, -0.2) is 33.6 Å². The van der Waals surface area contributed by atoms with Crippen LogP contribution in [0.5, 0.6) is 0 Å². The van der Waals surface area contributed by atoms with E-state index in [0.717, 1.165) is 23.0 Å². The minimum atomic E-state index is -0.711. The van der Waals surface area contributed by atoms with Gasteiger partial charge in [0.25, 0.3) is 5.56 Å². The van der Waals surface area contributed by atoms with Gasteiger partial charge in [-0.2, -0.15) is 0 Å². The van der Waals surface area contributed by atoms with E-state index in [1.54, 1.807) is 26.2 Å². The van der Waals surface area contributed by atoms with E-state index >= 15 is 0 Å². The highest BCUT2D eigenvalue weighted by Gasteiger charge is 2.28. The SMILES string of the molecule is Cc1cc(C2CN(c3cc(-c4ccc(F)cc4F)c4nc(C)c(C)c(=O)n4c3)CC(C)O2)ccn1. The topological polar surface area (TPSA) is 59.7 Å². The van der Waals surface area contributed by atoms with Gasteiger partial charge in [0, 0.05) is 59.6 Å². The average molecular weight is 477 g/mol. The van der Waals surface area contributed by atoms with Crippen LogP contribution in [0.3, 0.4) is 0 Å². The molecule has 1 aromatic carbocycles. The van der Waals surface area contributed by atoms with Crippen molar-refractivity contribution in [1.82, 2.24) is 14.4 Å². The molecule has 3 aromatic heterocycles. The predicted molar refractivity (Wildman–Crippen MR) is 131 cm³/mol. The van der Waals surface area contributed by atoms with Crippen molar-refractivity contribution in [2.75, 3.05) is 18.0 Å². The molecular formula is C27H26F2N4O2. The molecule has 8 heteroatoms. The molecule has 6 nitrogen and oxygen atoms in total. The highest BCUT2D eigenvalue weighted by molar-refractivity contribution is 5.81. The second kappa shape index (κ2) is 8.85. The van der Waals surface area contributed by atoms with E-state index in [0.29, 0.717) is 35.6 Å². The molecule has 1 saturated heterocycles. The lowest BCUT2D eigenvalue weighted by Gasteiger charge is -2.38. The molecular weight excluding hydrogens is 450 g/mol. The van der Waals surface area contributed by atoms with E-state index in [9.17, 15) is 13.6 Å². The Morgan fingerprint density at radius 3 is 2.57 bits per heavy atom. The van der Waals surface area contributed by atoms with Crippen LogP contribution in [0.25, 0.3) is 16.8 Å². The maximum atomic E-state index is 14.9. The number of nitrogens with zero attached hydrogens (tertiary/aromatic N) is 4. The molecule has 0 saturated carbocycles. The van der Waals surface area contributed by atoms with Crippen molar-refractivity contribution in [2.24, 2.45) is 0 Å². The Bertz CT molecular complexity index is 1500. The van der Waals surface area contributed by atoms with E-state index in [4.69, 9.17) is 4.74 Å². The summed E-state index contributed by atoms with van der Waals surface area (Å²) in [5, 5.41) is 0. The summed E-state index contributed by atoms with van der Waals surface area (Å²) in [5.74, 6) is -1.38. The number of hydrogen-bond acceptors (Lipinski definition) is 5. The van der Waals surface area contributed by atoms with Crippen LogP contribution < -0.4 is 10.5 Å². The third kappa shape index (κ3) is 4.30. The molecule has 0 N–H and O–H groups in total. The zero-order valence-corrected chi connectivity index (χ0v) is 20.0. The van der Waals surface area contributed by atoms with Crippen LogP contribution >= 0.6 is 0 Å². The highest BCUT2D eigenvalue weighted by atomic mass is 19.1. The fourth-order valence-electron chi connectivity index (χ4n) is 4.61. The number of pyridine rings is 2. The molecule has 0 bridgehead atoms. The Morgan fingerprint density at radius 2 is 1.83 bits per heavy atom. The number of rotatable bonds is 3. The Labute approximate surface area is 201 Å². The van der Waals surface area contributed by atoms with Crippen molar-refractivity contribution >= 4 is 11.3 Å². The standard InChI is InChI=1S/C27H26F2N4O2/c1-15-9-19(7-8-30-15)25-14-32(12-16(2)35-25)21-11-23(22-6-5-20(28)10-24(22)29)26-31-18(4)17(3)27(34)33(26)13-21/h5-11,13,16,25H,12,14H2,1-4H3. The second-order valence-corrected chi connectivity index (χ2v) is 9.13. The average Bonchev–Trinajstić information content (AvgIpc) is 2.82. The first-order valence-electron chi connectivity index (χ1n) is 11.5. The molecule has 35 heavy (non-hydrogen) atoms. The lowest BCUT2D eigenvalue weighted by atomic mass is 10.0. The van der Waals surface area contributed by atoms with Crippen molar-refractivity contribution in [3.05, 3.63) is 93.3 Å². The Kier molecular flexibility index (Phi) is 5.84. The molecule has 1 fully saturated rings. The Morgan fingerprint density at radius 1 is 1.03 bits per heavy atom. The normalized spacial score (nSPS) is 18.3. The monoisotopic (exact) mass is 476 g/mol. The summed E-state index contributed by atoms with van der Waals surface area (Å²) in [7, 11) is 0. The summed E-state index contributed by atoms with van der Waals surface area (Å²) >= 11 is 0. The highest BCUT2D eigenvalue weighted by Crippen LogP contribution is 2.34. The van der Waals surface area contributed by atoms with Gasteiger partial charge in [-0.05, 0) is 63.6 Å². The van der Waals surface area contributed by atoms with Crippen LogP contribution in [0.15, 0.2) is 53.6 Å². The molecule has 4 heterocycles. The maximum Gasteiger partial charge on any atom is 0.261 e. The second-order valence-electron chi connectivity index (χ2n) is 9.13. The number of aromatic nitrogens is 3. The predicted octanol–water partition coefficient (Wildman–Crippen LogP) is 4.93. The molecule has 1 aliphatic heterocycles. The van der Waals surface area contributed by atoms with E-state index in [1.165, 1.54) is 16.5 Å². The van der Waals surface area contributed by atoms with Gasteiger partial charge in [0.2, 0.25) is 0 Å². The minimum Gasteiger partial charge on any atom is -0.367 e. The van der Waals surface area contributed by atoms with E-state index in [1.807, 2.05) is 32.0 Å². The van der Waals surface area contributed by atoms with Crippen LogP contribution in [0.2, 0.25) is 0 Å². The molecule has 0 amide bonds. The largest absolute Gasteiger partial charge is 0.367 e. The summed E-state index contributed by atoms with van der Waals surface area (Å²) in [4.78, 5) is 24.2. The van der Waals surface area contributed by atoms with Gasteiger partial charge in [0.05, 0.1) is 11.8 Å². The van der Waals surface area contributed by atoms with E-state index < -0.39 is 11.6 Å². The maximum absolute atomic E-state index is 14.9. The van der Waals surface area contributed by atoms with E-state index in [-0.39, 0.29) is 23.3 Å². The molecule has 180 valence electrons. The smallest absolute Gasteiger partial charge is 0.261 e. The molecule has 2 atom stereocenters. The van der Waals surface area contributed by atoms with Gasteiger partial charge in [0.15, 0.2) is 0 Å². The molecule has 0 radical (unpaired) electrons. The summed E-state index contributed by atoms with van der Waals surface area (Å²) in [6.07, 6.45) is 3.23. The van der Waals surface area contributed by atoms with Crippen LogP contribution in [0.1, 0.15) is 35.5 Å². The van der Waals surface area contributed by atoms with Crippen molar-refractivity contribution in [1.29, 1.82) is 0 Å². The lowest BCUT2D eigenvalue weighted by Crippen LogP contribution is -2.43. The van der Waals surface area contributed by atoms with Crippen LogP contribution in [0.4, 0.5) is 14.5 Å². The first-order valence-corrected chi connectivity index (χ1v) is 11.5. The number of morpholine rings is 1. The van der Waals surface area contributed by atoms with Gasteiger partial charge < -0.3 is 9.64 Å².